The van der Waals surface area contributed by atoms with E-state index in [9.17, 15) is 4.57 Å². The van der Waals surface area contributed by atoms with Gasteiger partial charge in [0.2, 0.25) is 0 Å². The molecule has 0 aromatic heterocycles. The van der Waals surface area contributed by atoms with Gasteiger partial charge in [0.25, 0.3) is 0 Å². The first-order valence-electron chi connectivity index (χ1n) is 3.08. The highest BCUT2D eigenvalue weighted by molar-refractivity contribution is 7.28. The highest BCUT2D eigenvalue weighted by atomic mass is 35.5. The summed E-state index contributed by atoms with van der Waals surface area (Å²) >= 11 is 5.80. The molecule has 56 valence electrons. The first-order valence-corrected chi connectivity index (χ1v) is 4.34. The molecule has 0 saturated carbocycles. The molecule has 1 aromatic carbocycles. The maximum atomic E-state index is 10.1. The number of hydrogen-bond acceptors (Lipinski definition) is 1. The standard InChI is InChI=1S/C8H6ClOP/c9-8-4-2-1-3-7(8)5-6-11-10/h1-6H. The van der Waals surface area contributed by atoms with Gasteiger partial charge in [-0.15, -0.1) is 0 Å². The smallest absolute Gasteiger partial charge is 0.184 e. The second kappa shape index (κ2) is 4.27. The van der Waals surface area contributed by atoms with E-state index in [-0.39, 0.29) is 8.46 Å². The van der Waals surface area contributed by atoms with Crippen molar-refractivity contribution in [3.05, 3.63) is 40.7 Å². The van der Waals surface area contributed by atoms with Crippen LogP contribution in [0.15, 0.2) is 30.1 Å². The van der Waals surface area contributed by atoms with Gasteiger partial charge in [0.15, 0.2) is 8.46 Å². The fraction of sp³-hybridized carbons (Fsp3) is 0. The summed E-state index contributed by atoms with van der Waals surface area (Å²) in [6.07, 6.45) is 1.72. The van der Waals surface area contributed by atoms with E-state index in [2.05, 4.69) is 0 Å². The quantitative estimate of drug-likeness (QED) is 0.642. The van der Waals surface area contributed by atoms with Gasteiger partial charge in [-0.25, -0.2) is 0 Å². The molecule has 0 aliphatic heterocycles. The van der Waals surface area contributed by atoms with Crippen molar-refractivity contribution in [2.45, 2.75) is 0 Å². The molecule has 0 N–H and O–H groups in total. The summed E-state index contributed by atoms with van der Waals surface area (Å²) in [4.78, 5) is 0. The Labute approximate surface area is 71.9 Å². The molecule has 0 bridgehead atoms. The number of halogens is 1. The minimum absolute atomic E-state index is 0.00322. The Hall–Kier alpha value is -0.650. The minimum atomic E-state index is 0.00322. The van der Waals surface area contributed by atoms with Crippen LogP contribution in [0.25, 0.3) is 6.08 Å². The summed E-state index contributed by atoms with van der Waals surface area (Å²) in [6.45, 7) is 0. The average Bonchev–Trinajstić information content (AvgIpc) is 2.03. The van der Waals surface area contributed by atoms with Gasteiger partial charge in [-0.3, -0.25) is 4.57 Å². The van der Waals surface area contributed by atoms with Gasteiger partial charge in [0.1, 0.15) is 0 Å². The van der Waals surface area contributed by atoms with E-state index in [1.165, 1.54) is 5.82 Å². The van der Waals surface area contributed by atoms with Gasteiger partial charge < -0.3 is 0 Å². The van der Waals surface area contributed by atoms with E-state index in [0.717, 1.165) is 5.56 Å². The number of hydrogen-bond donors (Lipinski definition) is 0. The Morgan fingerprint density at radius 2 is 2.09 bits per heavy atom. The molecule has 0 unspecified atom stereocenters. The van der Waals surface area contributed by atoms with Gasteiger partial charge in [0, 0.05) is 10.8 Å². The third-order valence-corrected chi connectivity index (χ3v) is 1.84. The third-order valence-electron chi connectivity index (χ3n) is 1.22. The normalized spacial score (nSPS) is 11.0. The SMILES string of the molecule is O=PC=Cc1ccccc1Cl. The largest absolute Gasteiger partial charge is 0.270 e. The van der Waals surface area contributed by atoms with Crippen molar-refractivity contribution in [1.29, 1.82) is 0 Å². The van der Waals surface area contributed by atoms with Gasteiger partial charge in [-0.2, -0.15) is 0 Å². The van der Waals surface area contributed by atoms with Crippen LogP contribution in [0.1, 0.15) is 5.56 Å². The highest BCUT2D eigenvalue weighted by Crippen LogP contribution is 2.17. The van der Waals surface area contributed by atoms with Crippen LogP contribution in [0.3, 0.4) is 0 Å². The molecule has 1 rings (SSSR count). The lowest BCUT2D eigenvalue weighted by molar-refractivity contribution is 0.603. The van der Waals surface area contributed by atoms with E-state index < -0.39 is 0 Å². The molecule has 0 aliphatic rings. The molecule has 0 amide bonds. The van der Waals surface area contributed by atoms with Crippen molar-refractivity contribution in [3.8, 4) is 0 Å². The summed E-state index contributed by atoms with van der Waals surface area (Å²) < 4.78 is 10.1. The van der Waals surface area contributed by atoms with Crippen LogP contribution in [0.2, 0.25) is 5.02 Å². The van der Waals surface area contributed by atoms with Crippen molar-refractivity contribution < 1.29 is 4.57 Å². The minimum Gasteiger partial charge on any atom is -0.270 e. The number of benzene rings is 1. The van der Waals surface area contributed by atoms with Crippen LogP contribution in [0, 0.1) is 0 Å². The van der Waals surface area contributed by atoms with Crippen molar-refractivity contribution in [2.75, 3.05) is 0 Å². The molecule has 0 aliphatic carbocycles. The lowest BCUT2D eigenvalue weighted by Gasteiger charge is -1.93. The summed E-state index contributed by atoms with van der Waals surface area (Å²) in [6, 6.07) is 7.40. The van der Waals surface area contributed by atoms with Crippen LogP contribution >= 0.6 is 20.1 Å². The predicted octanol–water partition coefficient (Wildman–Crippen LogP) is 3.60. The Morgan fingerprint density at radius 1 is 1.36 bits per heavy atom. The zero-order valence-corrected chi connectivity index (χ0v) is 7.35. The maximum absolute atomic E-state index is 10.1. The fourth-order valence-corrected chi connectivity index (χ4v) is 1.14. The van der Waals surface area contributed by atoms with Crippen molar-refractivity contribution in [2.24, 2.45) is 0 Å². The molecule has 0 heterocycles. The van der Waals surface area contributed by atoms with Crippen LogP contribution in [-0.2, 0) is 4.57 Å². The van der Waals surface area contributed by atoms with Gasteiger partial charge in [0.05, 0.1) is 0 Å². The van der Waals surface area contributed by atoms with Crippen LogP contribution in [0.5, 0.6) is 0 Å². The molecule has 0 radical (unpaired) electrons. The summed E-state index contributed by atoms with van der Waals surface area (Å²) in [5, 5.41) is 0.674. The zero-order valence-electron chi connectivity index (χ0n) is 5.70. The molecular formula is C8H6ClOP. The number of rotatable bonds is 2. The zero-order chi connectivity index (χ0) is 8.10. The molecule has 1 aromatic rings. The molecule has 0 fully saturated rings. The molecule has 3 heteroatoms. The topological polar surface area (TPSA) is 17.1 Å². The van der Waals surface area contributed by atoms with Crippen LogP contribution in [0.4, 0.5) is 0 Å². The van der Waals surface area contributed by atoms with Gasteiger partial charge >= 0.3 is 0 Å². The fourth-order valence-electron chi connectivity index (χ4n) is 0.721. The monoisotopic (exact) mass is 184 g/mol. The Morgan fingerprint density at radius 3 is 2.73 bits per heavy atom. The maximum Gasteiger partial charge on any atom is 0.184 e. The van der Waals surface area contributed by atoms with E-state index in [1.807, 2.05) is 18.2 Å². The predicted molar refractivity (Wildman–Crippen MR) is 48.1 cm³/mol. The molecule has 1 nitrogen and oxygen atoms in total. The summed E-state index contributed by atoms with van der Waals surface area (Å²) in [5.41, 5.74) is 0.887. The lowest BCUT2D eigenvalue weighted by atomic mass is 10.2. The molecule has 11 heavy (non-hydrogen) atoms. The Balaban J connectivity index is 2.94. The third kappa shape index (κ3) is 2.45. The van der Waals surface area contributed by atoms with Crippen LogP contribution in [-0.4, -0.2) is 0 Å². The van der Waals surface area contributed by atoms with E-state index in [0.29, 0.717) is 5.02 Å². The van der Waals surface area contributed by atoms with Gasteiger partial charge in [-0.05, 0) is 17.7 Å². The van der Waals surface area contributed by atoms with E-state index in [1.54, 1.807) is 12.1 Å². The summed E-state index contributed by atoms with van der Waals surface area (Å²) in [7, 11) is 0.00322. The lowest BCUT2D eigenvalue weighted by Crippen LogP contribution is -1.70. The van der Waals surface area contributed by atoms with Crippen molar-refractivity contribution in [1.82, 2.24) is 0 Å². The van der Waals surface area contributed by atoms with Gasteiger partial charge in [-0.1, -0.05) is 29.8 Å². The first kappa shape index (κ1) is 8.45. The second-order valence-corrected chi connectivity index (χ2v) is 2.86. The molecule has 0 atom stereocenters. The first-order chi connectivity index (χ1) is 5.34. The van der Waals surface area contributed by atoms with Crippen molar-refractivity contribution >= 4 is 26.1 Å². The average molecular weight is 185 g/mol. The summed E-state index contributed by atoms with van der Waals surface area (Å²) in [5.74, 6) is 1.52. The Bertz CT molecular complexity index is 283. The van der Waals surface area contributed by atoms with E-state index >= 15 is 0 Å². The second-order valence-electron chi connectivity index (χ2n) is 1.94. The van der Waals surface area contributed by atoms with Crippen molar-refractivity contribution in [3.63, 3.8) is 0 Å². The molecule has 0 spiro atoms. The van der Waals surface area contributed by atoms with E-state index in [4.69, 9.17) is 11.6 Å². The Kier molecular flexibility index (Phi) is 3.28. The molecule has 0 saturated heterocycles. The molecular weight excluding hydrogens is 179 g/mol. The highest BCUT2D eigenvalue weighted by Gasteiger charge is 1.91. The van der Waals surface area contributed by atoms with Crippen LogP contribution < -0.4 is 0 Å².